The fourth-order valence-corrected chi connectivity index (χ4v) is 2.61. The molecule has 1 unspecified atom stereocenters. The molecule has 1 atom stereocenters. The highest BCUT2D eigenvalue weighted by molar-refractivity contribution is 14.1. The normalized spacial score (nSPS) is 11.6. The lowest BCUT2D eigenvalue weighted by atomic mass is 10.1. The molecule has 0 aliphatic rings. The van der Waals surface area contributed by atoms with E-state index in [9.17, 15) is 9.59 Å². The van der Waals surface area contributed by atoms with E-state index in [1.165, 1.54) is 0 Å². The number of carbonyl (C=O) groups excluding carboxylic acids is 2. The van der Waals surface area contributed by atoms with Gasteiger partial charge in [-0.05, 0) is 37.6 Å². The molecule has 2 rings (SSSR count). The molecule has 1 amide bonds. The fourth-order valence-electron chi connectivity index (χ4n) is 2.26. The number of alkyl halides is 1. The Bertz CT molecular complexity index is 661. The molecule has 0 spiro atoms. The molecule has 0 N–H and O–H groups in total. The van der Waals surface area contributed by atoms with Crippen LogP contribution in [-0.2, 0) is 4.79 Å². The van der Waals surface area contributed by atoms with E-state index in [4.69, 9.17) is 4.74 Å². The monoisotopic (exact) mass is 437 g/mol. The Kier molecular flexibility index (Phi) is 7.24. The number of para-hydroxylation sites is 1. The number of ether oxygens (including phenoxy) is 1. The summed E-state index contributed by atoms with van der Waals surface area (Å²) in [4.78, 5) is 26.8. The summed E-state index contributed by atoms with van der Waals surface area (Å²) in [6.45, 7) is 2.22. The number of halogens is 1. The second kappa shape index (κ2) is 9.42. The third kappa shape index (κ3) is 5.06. The highest BCUT2D eigenvalue weighted by atomic mass is 127. The summed E-state index contributed by atoms with van der Waals surface area (Å²) in [6.07, 6.45) is 0.822. The Labute approximate surface area is 156 Å². The van der Waals surface area contributed by atoms with Crippen LogP contribution >= 0.6 is 22.6 Å². The van der Waals surface area contributed by atoms with Crippen molar-refractivity contribution in [2.45, 2.75) is 19.4 Å². The van der Waals surface area contributed by atoms with Crippen LogP contribution in [0.5, 0.6) is 5.75 Å². The maximum Gasteiger partial charge on any atom is 0.333 e. The number of rotatable bonds is 7. The van der Waals surface area contributed by atoms with Crippen LogP contribution in [0.25, 0.3) is 0 Å². The van der Waals surface area contributed by atoms with E-state index >= 15 is 0 Å². The summed E-state index contributed by atoms with van der Waals surface area (Å²) in [6, 6.07) is 17.3. The lowest BCUT2D eigenvalue weighted by molar-refractivity contribution is -0.139. The molecule has 2 aromatic carbocycles. The number of amides is 1. The Morgan fingerprint density at radius 1 is 1.04 bits per heavy atom. The van der Waals surface area contributed by atoms with Gasteiger partial charge in [0.1, 0.15) is 11.8 Å². The van der Waals surface area contributed by atoms with Crippen molar-refractivity contribution in [2.75, 3.05) is 11.0 Å². The van der Waals surface area contributed by atoms with Crippen molar-refractivity contribution in [1.82, 2.24) is 4.90 Å². The first kappa shape index (κ1) is 18.4. The van der Waals surface area contributed by atoms with Crippen molar-refractivity contribution in [3.8, 4) is 5.75 Å². The maximum atomic E-state index is 12.8. The third-order valence-electron chi connectivity index (χ3n) is 3.58. The topological polar surface area (TPSA) is 46.6 Å². The molecule has 126 valence electrons. The van der Waals surface area contributed by atoms with Crippen LogP contribution in [0.3, 0.4) is 0 Å². The Morgan fingerprint density at radius 2 is 1.62 bits per heavy atom. The molecule has 0 aromatic heterocycles. The number of hydrogen-bond acceptors (Lipinski definition) is 3. The van der Waals surface area contributed by atoms with Gasteiger partial charge in [0.15, 0.2) is 0 Å². The van der Waals surface area contributed by atoms with Gasteiger partial charge in [0.2, 0.25) is 0 Å². The van der Waals surface area contributed by atoms with E-state index in [0.717, 1.165) is 10.8 Å². The first-order chi connectivity index (χ1) is 11.6. The molecular weight excluding hydrogens is 417 g/mol. The minimum Gasteiger partial charge on any atom is -0.425 e. The van der Waals surface area contributed by atoms with Crippen molar-refractivity contribution in [2.24, 2.45) is 0 Å². The standard InChI is InChI=1S/C19H20INO3/c1-15(19(23)24-17-11-6-3-7-12-17)21(14-8-13-20)18(22)16-9-4-2-5-10-16/h2-7,9-12,15H,8,13-14H2,1H3. The zero-order valence-corrected chi connectivity index (χ0v) is 15.7. The van der Waals surface area contributed by atoms with E-state index < -0.39 is 12.0 Å². The van der Waals surface area contributed by atoms with E-state index in [0.29, 0.717) is 17.9 Å². The highest BCUT2D eigenvalue weighted by Gasteiger charge is 2.27. The Balaban J connectivity index is 2.13. The molecule has 0 saturated heterocycles. The summed E-state index contributed by atoms with van der Waals surface area (Å²) < 4.78 is 6.30. The van der Waals surface area contributed by atoms with Gasteiger partial charge in [-0.1, -0.05) is 59.0 Å². The van der Waals surface area contributed by atoms with Gasteiger partial charge in [0.25, 0.3) is 5.91 Å². The summed E-state index contributed by atoms with van der Waals surface area (Å²) >= 11 is 2.26. The van der Waals surface area contributed by atoms with Crippen molar-refractivity contribution >= 4 is 34.5 Å². The minimum absolute atomic E-state index is 0.155. The van der Waals surface area contributed by atoms with E-state index in [-0.39, 0.29) is 5.91 Å². The van der Waals surface area contributed by atoms with Gasteiger partial charge in [0.05, 0.1) is 0 Å². The molecule has 0 bridgehead atoms. The largest absolute Gasteiger partial charge is 0.425 e. The molecule has 0 radical (unpaired) electrons. The van der Waals surface area contributed by atoms with Gasteiger partial charge in [-0.3, -0.25) is 4.79 Å². The van der Waals surface area contributed by atoms with Crippen LogP contribution in [-0.4, -0.2) is 33.8 Å². The quantitative estimate of drug-likeness (QED) is 0.285. The van der Waals surface area contributed by atoms with Crippen LogP contribution in [0.1, 0.15) is 23.7 Å². The lowest BCUT2D eigenvalue weighted by Gasteiger charge is -2.27. The summed E-state index contributed by atoms with van der Waals surface area (Å²) in [5.74, 6) is -0.104. The lowest BCUT2D eigenvalue weighted by Crippen LogP contribution is -2.45. The average Bonchev–Trinajstić information content (AvgIpc) is 2.63. The molecule has 24 heavy (non-hydrogen) atoms. The Morgan fingerprint density at radius 3 is 2.21 bits per heavy atom. The highest BCUT2D eigenvalue weighted by Crippen LogP contribution is 2.14. The second-order valence-corrected chi connectivity index (χ2v) is 6.40. The molecule has 0 aliphatic heterocycles. The van der Waals surface area contributed by atoms with Gasteiger partial charge in [0, 0.05) is 16.5 Å². The van der Waals surface area contributed by atoms with Gasteiger partial charge < -0.3 is 9.64 Å². The number of hydrogen-bond donors (Lipinski definition) is 0. The first-order valence-electron chi connectivity index (χ1n) is 7.82. The van der Waals surface area contributed by atoms with Crippen LogP contribution in [0.4, 0.5) is 0 Å². The zero-order chi connectivity index (χ0) is 17.4. The SMILES string of the molecule is CC(C(=O)Oc1ccccc1)N(CCCI)C(=O)c1ccccc1. The molecule has 2 aromatic rings. The number of benzene rings is 2. The van der Waals surface area contributed by atoms with Crippen molar-refractivity contribution in [3.05, 3.63) is 66.2 Å². The van der Waals surface area contributed by atoms with Crippen LogP contribution in [0.15, 0.2) is 60.7 Å². The van der Waals surface area contributed by atoms with Gasteiger partial charge in [-0.25, -0.2) is 4.79 Å². The van der Waals surface area contributed by atoms with Crippen LogP contribution in [0, 0.1) is 0 Å². The summed E-state index contributed by atoms with van der Waals surface area (Å²) in [5, 5.41) is 0. The maximum absolute atomic E-state index is 12.8. The van der Waals surface area contributed by atoms with Gasteiger partial charge >= 0.3 is 5.97 Å². The average molecular weight is 437 g/mol. The number of esters is 1. The van der Waals surface area contributed by atoms with Gasteiger partial charge in [-0.2, -0.15) is 0 Å². The fraction of sp³-hybridized carbons (Fsp3) is 0.263. The number of carbonyl (C=O) groups is 2. The van der Waals surface area contributed by atoms with E-state index in [1.807, 2.05) is 24.3 Å². The van der Waals surface area contributed by atoms with Crippen molar-refractivity contribution in [1.29, 1.82) is 0 Å². The molecule has 0 heterocycles. The van der Waals surface area contributed by atoms with Crippen LogP contribution in [0.2, 0.25) is 0 Å². The van der Waals surface area contributed by atoms with E-state index in [1.54, 1.807) is 48.2 Å². The Hall–Kier alpha value is -1.89. The van der Waals surface area contributed by atoms with Crippen LogP contribution < -0.4 is 4.74 Å². The predicted molar refractivity (Wildman–Crippen MR) is 103 cm³/mol. The summed E-state index contributed by atoms with van der Waals surface area (Å²) in [7, 11) is 0. The van der Waals surface area contributed by atoms with Crippen molar-refractivity contribution in [3.63, 3.8) is 0 Å². The minimum atomic E-state index is -0.652. The van der Waals surface area contributed by atoms with E-state index in [2.05, 4.69) is 22.6 Å². The first-order valence-corrected chi connectivity index (χ1v) is 9.34. The predicted octanol–water partition coefficient (Wildman–Crippen LogP) is 3.95. The molecule has 5 heteroatoms. The van der Waals surface area contributed by atoms with Crippen molar-refractivity contribution < 1.29 is 14.3 Å². The smallest absolute Gasteiger partial charge is 0.333 e. The number of nitrogens with zero attached hydrogens (tertiary/aromatic N) is 1. The molecule has 0 fully saturated rings. The molecule has 0 saturated carbocycles. The third-order valence-corrected chi connectivity index (χ3v) is 4.35. The molecule has 4 nitrogen and oxygen atoms in total. The summed E-state index contributed by atoms with van der Waals surface area (Å²) in [5.41, 5.74) is 0.574. The molecular formula is C19H20INO3. The second-order valence-electron chi connectivity index (χ2n) is 5.32. The zero-order valence-electron chi connectivity index (χ0n) is 13.5. The molecule has 0 aliphatic carbocycles. The van der Waals surface area contributed by atoms with Gasteiger partial charge in [-0.15, -0.1) is 0 Å².